The second kappa shape index (κ2) is 6.62. The van der Waals surface area contributed by atoms with E-state index in [9.17, 15) is 0 Å². The monoisotopic (exact) mass is 158 g/mol. The first kappa shape index (κ1) is 10.9. The normalized spacial score (nSPS) is 16.4. The molecule has 0 saturated carbocycles. The van der Waals surface area contributed by atoms with Crippen LogP contribution >= 0.6 is 0 Å². The van der Waals surface area contributed by atoms with Crippen LogP contribution in [0.5, 0.6) is 0 Å². The maximum atomic E-state index is 5.61. The van der Waals surface area contributed by atoms with Crippen molar-refractivity contribution in [3.8, 4) is 0 Å². The van der Waals surface area contributed by atoms with E-state index < -0.39 is 0 Å². The van der Waals surface area contributed by atoms with Gasteiger partial charge in [-0.25, -0.2) is 0 Å². The van der Waals surface area contributed by atoms with Gasteiger partial charge in [-0.1, -0.05) is 13.3 Å². The molecule has 0 fully saturated rings. The Hall–Kier alpha value is -0.0800. The Morgan fingerprint density at radius 1 is 1.27 bits per heavy atom. The van der Waals surface area contributed by atoms with Crippen molar-refractivity contribution in [1.82, 2.24) is 5.32 Å². The van der Waals surface area contributed by atoms with E-state index in [1.165, 1.54) is 12.8 Å². The third-order valence-corrected chi connectivity index (χ3v) is 1.81. The van der Waals surface area contributed by atoms with Crippen LogP contribution in [0.4, 0.5) is 0 Å². The molecule has 11 heavy (non-hydrogen) atoms. The lowest BCUT2D eigenvalue weighted by atomic mass is 10.2. The predicted octanol–water partition coefficient (Wildman–Crippen LogP) is 1.50. The lowest BCUT2D eigenvalue weighted by Gasteiger charge is -2.13. The summed E-state index contributed by atoms with van der Waals surface area (Å²) in [5.41, 5.74) is 5.61. The van der Waals surface area contributed by atoms with Crippen LogP contribution in [0.25, 0.3) is 0 Å². The molecule has 0 aromatic rings. The first-order valence-corrected chi connectivity index (χ1v) is 4.65. The lowest BCUT2D eigenvalue weighted by Crippen LogP contribution is -2.30. The highest BCUT2D eigenvalue weighted by atomic mass is 14.9. The van der Waals surface area contributed by atoms with Gasteiger partial charge in [0.15, 0.2) is 0 Å². The first-order valence-electron chi connectivity index (χ1n) is 4.65. The molecule has 0 aliphatic heterocycles. The van der Waals surface area contributed by atoms with E-state index in [2.05, 4.69) is 19.2 Å². The van der Waals surface area contributed by atoms with Crippen molar-refractivity contribution in [2.45, 2.75) is 52.1 Å². The fourth-order valence-corrected chi connectivity index (χ4v) is 1.09. The first-order chi connectivity index (χ1) is 5.16. The zero-order valence-electron chi connectivity index (χ0n) is 8.06. The molecule has 2 unspecified atom stereocenters. The van der Waals surface area contributed by atoms with E-state index >= 15 is 0 Å². The summed E-state index contributed by atoms with van der Waals surface area (Å²) in [6.45, 7) is 7.54. The summed E-state index contributed by atoms with van der Waals surface area (Å²) in [5, 5.41) is 3.43. The summed E-state index contributed by atoms with van der Waals surface area (Å²) >= 11 is 0. The van der Waals surface area contributed by atoms with Crippen molar-refractivity contribution in [3.05, 3.63) is 0 Å². The van der Waals surface area contributed by atoms with Gasteiger partial charge in [-0.05, 0) is 33.2 Å². The Labute approximate surface area is 70.5 Å². The van der Waals surface area contributed by atoms with Gasteiger partial charge in [0.05, 0.1) is 0 Å². The fraction of sp³-hybridized carbons (Fsp3) is 1.00. The van der Waals surface area contributed by atoms with Gasteiger partial charge in [0.25, 0.3) is 0 Å². The van der Waals surface area contributed by atoms with E-state index in [1.807, 2.05) is 6.92 Å². The van der Waals surface area contributed by atoms with Crippen molar-refractivity contribution in [3.63, 3.8) is 0 Å². The minimum Gasteiger partial charge on any atom is -0.328 e. The third kappa shape index (κ3) is 7.82. The summed E-state index contributed by atoms with van der Waals surface area (Å²) < 4.78 is 0. The molecule has 2 nitrogen and oxygen atoms in total. The van der Waals surface area contributed by atoms with Gasteiger partial charge in [-0.15, -0.1) is 0 Å². The van der Waals surface area contributed by atoms with Gasteiger partial charge in [-0.3, -0.25) is 0 Å². The minimum absolute atomic E-state index is 0.330. The fourth-order valence-electron chi connectivity index (χ4n) is 1.09. The maximum Gasteiger partial charge on any atom is 0.00386 e. The number of rotatable bonds is 6. The summed E-state index contributed by atoms with van der Waals surface area (Å²) in [6.07, 6.45) is 3.60. The topological polar surface area (TPSA) is 38.0 Å². The zero-order chi connectivity index (χ0) is 8.69. The van der Waals surface area contributed by atoms with Crippen LogP contribution in [0.2, 0.25) is 0 Å². The minimum atomic E-state index is 0.330. The van der Waals surface area contributed by atoms with Crippen LogP contribution in [0.15, 0.2) is 0 Å². The van der Waals surface area contributed by atoms with Gasteiger partial charge in [0.2, 0.25) is 0 Å². The SMILES string of the molecule is CCCC(C)NCCC(C)N. The molecule has 0 amide bonds. The van der Waals surface area contributed by atoms with Gasteiger partial charge < -0.3 is 11.1 Å². The molecule has 0 aromatic heterocycles. The highest BCUT2D eigenvalue weighted by Gasteiger charge is 1.99. The highest BCUT2D eigenvalue weighted by Crippen LogP contribution is 1.94. The summed E-state index contributed by atoms with van der Waals surface area (Å²) in [4.78, 5) is 0. The van der Waals surface area contributed by atoms with Gasteiger partial charge in [-0.2, -0.15) is 0 Å². The molecule has 68 valence electrons. The third-order valence-electron chi connectivity index (χ3n) is 1.81. The van der Waals surface area contributed by atoms with Crippen LogP contribution in [0.3, 0.4) is 0 Å². The summed E-state index contributed by atoms with van der Waals surface area (Å²) in [5.74, 6) is 0. The average Bonchev–Trinajstić information content (AvgIpc) is 1.87. The summed E-state index contributed by atoms with van der Waals surface area (Å²) in [6, 6.07) is 0.982. The van der Waals surface area contributed by atoms with Crippen LogP contribution in [-0.2, 0) is 0 Å². The van der Waals surface area contributed by atoms with Crippen molar-refractivity contribution < 1.29 is 0 Å². The standard InChI is InChI=1S/C9H22N2/c1-4-5-9(3)11-7-6-8(2)10/h8-9,11H,4-7,10H2,1-3H3. The molecule has 3 N–H and O–H groups in total. The number of hydrogen-bond donors (Lipinski definition) is 2. The second-order valence-corrected chi connectivity index (χ2v) is 3.41. The molecule has 0 rings (SSSR count). The molecule has 0 saturated heterocycles. The quantitative estimate of drug-likeness (QED) is 0.615. The molecule has 2 atom stereocenters. The van der Waals surface area contributed by atoms with Crippen molar-refractivity contribution in [1.29, 1.82) is 0 Å². The molecule has 0 aliphatic rings. The van der Waals surface area contributed by atoms with Gasteiger partial charge in [0.1, 0.15) is 0 Å². The number of hydrogen-bond acceptors (Lipinski definition) is 2. The lowest BCUT2D eigenvalue weighted by molar-refractivity contribution is 0.486. The predicted molar refractivity (Wildman–Crippen MR) is 50.6 cm³/mol. The van der Waals surface area contributed by atoms with Crippen molar-refractivity contribution in [2.75, 3.05) is 6.54 Å². The zero-order valence-corrected chi connectivity index (χ0v) is 8.06. The summed E-state index contributed by atoms with van der Waals surface area (Å²) in [7, 11) is 0. The molecule has 0 radical (unpaired) electrons. The van der Waals surface area contributed by atoms with Crippen LogP contribution in [-0.4, -0.2) is 18.6 Å². The van der Waals surface area contributed by atoms with Crippen molar-refractivity contribution in [2.24, 2.45) is 5.73 Å². The van der Waals surface area contributed by atoms with E-state index in [-0.39, 0.29) is 0 Å². The van der Waals surface area contributed by atoms with E-state index in [0.717, 1.165) is 13.0 Å². The molecule has 0 spiro atoms. The van der Waals surface area contributed by atoms with E-state index in [0.29, 0.717) is 12.1 Å². The van der Waals surface area contributed by atoms with Crippen molar-refractivity contribution >= 4 is 0 Å². The van der Waals surface area contributed by atoms with Crippen LogP contribution in [0.1, 0.15) is 40.0 Å². The van der Waals surface area contributed by atoms with E-state index in [1.54, 1.807) is 0 Å². The largest absolute Gasteiger partial charge is 0.328 e. The van der Waals surface area contributed by atoms with Gasteiger partial charge >= 0.3 is 0 Å². The molecule has 0 heterocycles. The Kier molecular flexibility index (Phi) is 6.57. The molecule has 0 aromatic carbocycles. The smallest absolute Gasteiger partial charge is 0.00386 e. The average molecular weight is 158 g/mol. The molecule has 2 heteroatoms. The van der Waals surface area contributed by atoms with Crippen LogP contribution < -0.4 is 11.1 Å². The molecular formula is C9H22N2. The Morgan fingerprint density at radius 2 is 1.91 bits per heavy atom. The Bertz CT molecular complexity index is 81.6. The second-order valence-electron chi connectivity index (χ2n) is 3.41. The Balaban J connectivity index is 3.10. The molecule has 0 bridgehead atoms. The molecular weight excluding hydrogens is 136 g/mol. The molecule has 0 aliphatic carbocycles. The van der Waals surface area contributed by atoms with Crippen LogP contribution in [0, 0.1) is 0 Å². The maximum absolute atomic E-state index is 5.61. The number of nitrogens with one attached hydrogen (secondary N) is 1. The van der Waals surface area contributed by atoms with Gasteiger partial charge in [0, 0.05) is 12.1 Å². The highest BCUT2D eigenvalue weighted by molar-refractivity contribution is 4.62. The number of nitrogens with two attached hydrogens (primary N) is 1. The Morgan fingerprint density at radius 3 is 2.36 bits per heavy atom. The van der Waals surface area contributed by atoms with E-state index in [4.69, 9.17) is 5.73 Å².